The van der Waals surface area contributed by atoms with Crippen LogP contribution in [0, 0.1) is 6.92 Å². The summed E-state index contributed by atoms with van der Waals surface area (Å²) in [5.74, 6) is -0.0505. The summed E-state index contributed by atoms with van der Waals surface area (Å²) < 4.78 is 7.86. The molecular weight excluding hydrogens is 462 g/mol. The van der Waals surface area contributed by atoms with Crippen LogP contribution in [0.4, 0.5) is 0 Å². The van der Waals surface area contributed by atoms with Crippen molar-refractivity contribution in [3.05, 3.63) is 92.7 Å². The molecule has 1 aliphatic heterocycles. The number of carbonyl (C=O) groups is 1. The second-order valence-corrected chi connectivity index (χ2v) is 9.46. The first-order valence-corrected chi connectivity index (χ1v) is 12.3. The molecule has 1 atom stereocenters. The van der Waals surface area contributed by atoms with Crippen LogP contribution in [0.25, 0.3) is 28.0 Å². The summed E-state index contributed by atoms with van der Waals surface area (Å²) >= 11 is 1.61. The van der Waals surface area contributed by atoms with Crippen molar-refractivity contribution in [2.24, 2.45) is 0 Å². The molecule has 8 nitrogen and oxygen atoms in total. The summed E-state index contributed by atoms with van der Waals surface area (Å²) in [6.45, 7) is 2.58. The topological polar surface area (TPSA) is 96.0 Å². The van der Waals surface area contributed by atoms with Gasteiger partial charge in [-0.1, -0.05) is 23.8 Å². The Morgan fingerprint density at radius 1 is 1.09 bits per heavy atom. The van der Waals surface area contributed by atoms with Crippen LogP contribution in [0.1, 0.15) is 22.9 Å². The molecule has 0 spiro atoms. The highest BCUT2D eigenvalue weighted by atomic mass is 32.1. The van der Waals surface area contributed by atoms with Crippen molar-refractivity contribution in [1.82, 2.24) is 24.6 Å². The van der Waals surface area contributed by atoms with E-state index in [9.17, 15) is 9.59 Å². The molecule has 1 unspecified atom stereocenters. The number of H-pyrrole nitrogens is 2. The van der Waals surface area contributed by atoms with Gasteiger partial charge >= 0.3 is 5.69 Å². The standard InChI is InChI=1S/C26H23N5O3S/c1-16-2-5-19(6-3-16)31-13-20(24(29-31)18-9-11-35-15-18)25-30(23(32)14-34-25)10-8-17-4-7-21-22(12-17)28-26(33)27-21/h2-7,9,11-13,15,25H,8,10,14H2,1H3,(H2,27,28,33). The number of amides is 1. The van der Waals surface area contributed by atoms with Crippen LogP contribution in [0.2, 0.25) is 0 Å². The molecule has 3 aromatic heterocycles. The lowest BCUT2D eigenvalue weighted by atomic mass is 10.1. The molecule has 0 aliphatic carbocycles. The molecule has 35 heavy (non-hydrogen) atoms. The minimum atomic E-state index is -0.521. The maximum atomic E-state index is 12.8. The van der Waals surface area contributed by atoms with Gasteiger partial charge in [0, 0.05) is 29.2 Å². The lowest BCUT2D eigenvalue weighted by Gasteiger charge is -2.23. The van der Waals surface area contributed by atoms with Gasteiger partial charge in [-0.25, -0.2) is 9.48 Å². The number of aromatic amines is 2. The first kappa shape index (κ1) is 21.6. The molecule has 9 heteroatoms. The number of aryl methyl sites for hydroxylation is 1. The molecule has 2 aromatic carbocycles. The van der Waals surface area contributed by atoms with Gasteiger partial charge in [-0.15, -0.1) is 0 Å². The van der Waals surface area contributed by atoms with Crippen molar-refractivity contribution >= 4 is 28.3 Å². The van der Waals surface area contributed by atoms with Crippen molar-refractivity contribution in [2.75, 3.05) is 13.2 Å². The number of thiophene rings is 1. The number of nitrogens with one attached hydrogen (secondary N) is 2. The summed E-state index contributed by atoms with van der Waals surface area (Å²) in [4.78, 5) is 31.7. The fraction of sp³-hybridized carbons (Fsp3) is 0.192. The fourth-order valence-corrected chi connectivity index (χ4v) is 5.10. The summed E-state index contributed by atoms with van der Waals surface area (Å²) in [7, 11) is 0. The average Bonchev–Trinajstić information content (AvgIpc) is 3.63. The van der Waals surface area contributed by atoms with Crippen molar-refractivity contribution in [3.63, 3.8) is 0 Å². The van der Waals surface area contributed by atoms with Crippen molar-refractivity contribution in [1.29, 1.82) is 0 Å². The van der Waals surface area contributed by atoms with E-state index in [1.165, 1.54) is 5.56 Å². The van der Waals surface area contributed by atoms with Crippen LogP contribution in [-0.4, -0.2) is 43.7 Å². The monoisotopic (exact) mass is 485 g/mol. The number of carbonyl (C=O) groups excluding carboxylic acids is 1. The molecule has 4 heterocycles. The maximum Gasteiger partial charge on any atom is 0.323 e. The van der Waals surface area contributed by atoms with Crippen molar-refractivity contribution < 1.29 is 9.53 Å². The minimum absolute atomic E-state index is 0.0353. The second kappa shape index (κ2) is 8.68. The fourth-order valence-electron chi connectivity index (χ4n) is 4.46. The summed E-state index contributed by atoms with van der Waals surface area (Å²) in [6.07, 6.45) is 2.08. The zero-order valence-electron chi connectivity index (χ0n) is 19.0. The molecule has 6 rings (SSSR count). The van der Waals surface area contributed by atoms with Crippen LogP contribution in [0.3, 0.4) is 0 Å². The molecule has 1 saturated heterocycles. The maximum absolute atomic E-state index is 12.8. The first-order valence-electron chi connectivity index (χ1n) is 11.4. The third-order valence-electron chi connectivity index (χ3n) is 6.29. The van der Waals surface area contributed by atoms with E-state index >= 15 is 0 Å². The molecule has 1 aliphatic rings. The Morgan fingerprint density at radius 3 is 2.71 bits per heavy atom. The number of hydrogen-bond acceptors (Lipinski definition) is 5. The van der Waals surface area contributed by atoms with Crippen molar-refractivity contribution in [2.45, 2.75) is 19.6 Å². The van der Waals surface area contributed by atoms with Gasteiger partial charge in [0.1, 0.15) is 12.3 Å². The Kier molecular flexibility index (Phi) is 5.35. The average molecular weight is 486 g/mol. The highest BCUT2D eigenvalue weighted by Crippen LogP contribution is 2.36. The van der Waals surface area contributed by atoms with Crippen LogP contribution < -0.4 is 5.69 Å². The number of hydrogen-bond donors (Lipinski definition) is 2. The Hall–Kier alpha value is -3.95. The SMILES string of the molecule is Cc1ccc(-n2cc(C3OCC(=O)N3CCc3ccc4[nH]c(=O)[nH]c4c3)c(-c3ccsc3)n2)cc1. The van der Waals surface area contributed by atoms with Gasteiger partial charge in [0.25, 0.3) is 5.91 Å². The molecule has 176 valence electrons. The quantitative estimate of drug-likeness (QED) is 0.377. The summed E-state index contributed by atoms with van der Waals surface area (Å²) in [6, 6.07) is 16.0. The van der Waals surface area contributed by atoms with E-state index in [0.717, 1.165) is 39.1 Å². The zero-order valence-corrected chi connectivity index (χ0v) is 19.8. The number of imidazole rings is 1. The summed E-state index contributed by atoms with van der Waals surface area (Å²) in [5, 5.41) is 8.95. The zero-order chi connectivity index (χ0) is 23.9. The predicted molar refractivity (Wildman–Crippen MR) is 135 cm³/mol. The number of aromatic nitrogens is 4. The molecule has 1 amide bonds. The van der Waals surface area contributed by atoms with E-state index in [4.69, 9.17) is 9.84 Å². The highest BCUT2D eigenvalue weighted by Gasteiger charge is 2.36. The van der Waals surface area contributed by atoms with Gasteiger partial charge < -0.3 is 19.6 Å². The number of nitrogens with zero attached hydrogens (tertiary/aromatic N) is 3. The highest BCUT2D eigenvalue weighted by molar-refractivity contribution is 7.08. The number of benzene rings is 2. The molecule has 0 bridgehead atoms. The van der Waals surface area contributed by atoms with E-state index in [1.54, 1.807) is 16.2 Å². The van der Waals surface area contributed by atoms with Gasteiger partial charge in [0.05, 0.1) is 16.7 Å². The largest absolute Gasteiger partial charge is 0.344 e. The Bertz CT molecular complexity index is 1560. The van der Waals surface area contributed by atoms with Gasteiger partial charge in [0.15, 0.2) is 6.23 Å². The lowest BCUT2D eigenvalue weighted by Crippen LogP contribution is -2.30. The van der Waals surface area contributed by atoms with Crippen LogP contribution in [-0.2, 0) is 16.0 Å². The minimum Gasteiger partial charge on any atom is -0.344 e. The van der Waals surface area contributed by atoms with Gasteiger partial charge in [-0.05, 0) is 54.6 Å². The molecule has 1 fully saturated rings. The Morgan fingerprint density at radius 2 is 1.91 bits per heavy atom. The third kappa shape index (κ3) is 4.09. The molecule has 0 radical (unpaired) electrons. The predicted octanol–water partition coefficient (Wildman–Crippen LogP) is 4.18. The van der Waals surface area contributed by atoms with E-state index in [0.29, 0.717) is 13.0 Å². The summed E-state index contributed by atoms with van der Waals surface area (Å²) in [5.41, 5.74) is 7.11. The van der Waals surface area contributed by atoms with Crippen LogP contribution in [0.5, 0.6) is 0 Å². The number of fused-ring (bicyclic) bond motifs is 1. The molecular formula is C26H23N5O3S. The lowest BCUT2D eigenvalue weighted by molar-refractivity contribution is -0.128. The van der Waals surface area contributed by atoms with Crippen LogP contribution in [0.15, 0.2) is 70.3 Å². The Balaban J connectivity index is 1.32. The molecule has 5 aromatic rings. The molecule has 2 N–H and O–H groups in total. The normalized spacial score (nSPS) is 16.0. The number of ether oxygens (including phenoxy) is 1. The van der Waals surface area contributed by atoms with Gasteiger partial charge in [0.2, 0.25) is 0 Å². The first-order chi connectivity index (χ1) is 17.0. The molecule has 0 saturated carbocycles. The van der Waals surface area contributed by atoms with E-state index in [1.807, 2.05) is 52.7 Å². The Labute approximate surface area is 204 Å². The van der Waals surface area contributed by atoms with E-state index in [2.05, 4.69) is 34.4 Å². The third-order valence-corrected chi connectivity index (χ3v) is 6.97. The smallest absolute Gasteiger partial charge is 0.323 e. The van der Waals surface area contributed by atoms with Gasteiger partial charge in [-0.3, -0.25) is 4.79 Å². The van der Waals surface area contributed by atoms with Crippen molar-refractivity contribution in [3.8, 4) is 16.9 Å². The van der Waals surface area contributed by atoms with Gasteiger partial charge in [-0.2, -0.15) is 16.4 Å². The van der Waals surface area contributed by atoms with E-state index < -0.39 is 6.23 Å². The van der Waals surface area contributed by atoms with Crippen LogP contribution >= 0.6 is 11.3 Å². The number of rotatable bonds is 6. The van der Waals surface area contributed by atoms with E-state index in [-0.39, 0.29) is 18.2 Å². The second-order valence-electron chi connectivity index (χ2n) is 8.68.